The molecule has 242 valence electrons. The lowest BCUT2D eigenvalue weighted by atomic mass is 10.1. The highest BCUT2D eigenvalue weighted by atomic mass is 32.2. The van der Waals surface area contributed by atoms with Gasteiger partial charge in [0.15, 0.2) is 23.0 Å². The Morgan fingerprint density at radius 2 is 1.47 bits per heavy atom. The highest BCUT2D eigenvalue weighted by Gasteiger charge is 2.20. The Balaban J connectivity index is 1.34. The molecule has 0 spiro atoms. The van der Waals surface area contributed by atoms with Crippen molar-refractivity contribution in [3.63, 3.8) is 0 Å². The van der Waals surface area contributed by atoms with Crippen LogP contribution < -0.4 is 39.6 Å². The standard InChI is InChI=1S/C35H33N3O8S/c1-21(33(39)36-25-13-14-28-32(18-25)46-20-45-28)47-26-12-8-11-24(17-26)37-35(41)27(38-34(40)22-9-6-5-7-10-22)15-23-16-30(43-3)31(44-4)19-29(23)42-2/h5-19,21H,20H2,1-4H3,(H,36,39)(H,37,41)(H,38,40)/b27-15+. The van der Waals surface area contributed by atoms with Crippen LogP contribution in [0.4, 0.5) is 11.4 Å². The van der Waals surface area contributed by atoms with Gasteiger partial charge < -0.3 is 39.6 Å². The molecule has 0 aromatic heterocycles. The number of carbonyl (C=O) groups is 3. The van der Waals surface area contributed by atoms with E-state index in [9.17, 15) is 14.4 Å². The molecule has 0 saturated carbocycles. The number of anilines is 2. The van der Waals surface area contributed by atoms with E-state index in [1.54, 1.807) is 85.8 Å². The van der Waals surface area contributed by atoms with Crippen LogP contribution in [0.1, 0.15) is 22.8 Å². The second kappa shape index (κ2) is 15.1. The van der Waals surface area contributed by atoms with E-state index in [-0.39, 0.29) is 18.4 Å². The topological polar surface area (TPSA) is 133 Å². The molecule has 0 bridgehead atoms. The van der Waals surface area contributed by atoms with E-state index < -0.39 is 17.1 Å². The van der Waals surface area contributed by atoms with Gasteiger partial charge in [0.1, 0.15) is 11.4 Å². The third kappa shape index (κ3) is 8.16. The minimum atomic E-state index is -0.582. The molecule has 4 aromatic carbocycles. The first kappa shape index (κ1) is 32.8. The number of benzene rings is 4. The number of amides is 3. The summed E-state index contributed by atoms with van der Waals surface area (Å²) in [5, 5.41) is 8.01. The predicted molar refractivity (Wildman–Crippen MR) is 180 cm³/mol. The number of hydrogen-bond acceptors (Lipinski definition) is 9. The van der Waals surface area contributed by atoms with Crippen LogP contribution in [0.15, 0.2) is 95.5 Å². The summed E-state index contributed by atoms with van der Waals surface area (Å²) < 4.78 is 27.1. The van der Waals surface area contributed by atoms with Gasteiger partial charge in [-0.2, -0.15) is 0 Å². The lowest BCUT2D eigenvalue weighted by molar-refractivity contribution is -0.115. The van der Waals surface area contributed by atoms with E-state index in [0.29, 0.717) is 51.2 Å². The molecule has 5 rings (SSSR count). The van der Waals surface area contributed by atoms with Crippen molar-refractivity contribution in [1.29, 1.82) is 0 Å². The van der Waals surface area contributed by atoms with Crippen molar-refractivity contribution in [2.45, 2.75) is 17.1 Å². The fourth-order valence-corrected chi connectivity index (χ4v) is 5.51. The molecular formula is C35H33N3O8S. The molecule has 3 N–H and O–H groups in total. The quantitative estimate of drug-likeness (QED) is 0.125. The molecule has 0 saturated heterocycles. The highest BCUT2D eigenvalue weighted by molar-refractivity contribution is 8.00. The maximum absolute atomic E-state index is 13.7. The smallest absolute Gasteiger partial charge is 0.272 e. The Bertz CT molecular complexity index is 1810. The number of carbonyl (C=O) groups excluding carboxylic acids is 3. The van der Waals surface area contributed by atoms with Gasteiger partial charge in [-0.25, -0.2) is 0 Å². The summed E-state index contributed by atoms with van der Waals surface area (Å²) in [6.07, 6.45) is 1.50. The Labute approximate surface area is 276 Å². The average molecular weight is 656 g/mol. The molecule has 4 aromatic rings. The number of methoxy groups -OCH3 is 3. The van der Waals surface area contributed by atoms with Crippen molar-refractivity contribution in [3.05, 3.63) is 102 Å². The average Bonchev–Trinajstić information content (AvgIpc) is 3.56. The fourth-order valence-electron chi connectivity index (χ4n) is 4.58. The molecule has 0 aliphatic carbocycles. The maximum Gasteiger partial charge on any atom is 0.272 e. The highest BCUT2D eigenvalue weighted by Crippen LogP contribution is 2.36. The summed E-state index contributed by atoms with van der Waals surface area (Å²) in [5.41, 5.74) is 1.85. The Morgan fingerprint density at radius 1 is 0.766 bits per heavy atom. The summed E-state index contributed by atoms with van der Waals surface area (Å²) in [6.45, 7) is 1.93. The lowest BCUT2D eigenvalue weighted by Crippen LogP contribution is -2.30. The van der Waals surface area contributed by atoms with Gasteiger partial charge in [-0.3, -0.25) is 14.4 Å². The van der Waals surface area contributed by atoms with Crippen molar-refractivity contribution < 1.29 is 38.1 Å². The molecule has 12 heteroatoms. The molecule has 1 unspecified atom stereocenters. The molecule has 0 radical (unpaired) electrons. The van der Waals surface area contributed by atoms with Crippen LogP contribution in [0.2, 0.25) is 0 Å². The summed E-state index contributed by atoms with van der Waals surface area (Å²) in [4.78, 5) is 40.5. The van der Waals surface area contributed by atoms with Gasteiger partial charge in [0.25, 0.3) is 11.8 Å². The molecule has 3 amide bonds. The van der Waals surface area contributed by atoms with E-state index in [4.69, 9.17) is 23.7 Å². The second-order valence-electron chi connectivity index (χ2n) is 10.1. The van der Waals surface area contributed by atoms with Crippen LogP contribution >= 0.6 is 11.8 Å². The van der Waals surface area contributed by atoms with Gasteiger partial charge >= 0.3 is 0 Å². The van der Waals surface area contributed by atoms with E-state index in [1.165, 1.54) is 39.2 Å². The zero-order chi connectivity index (χ0) is 33.3. The van der Waals surface area contributed by atoms with Crippen molar-refractivity contribution in [2.75, 3.05) is 38.8 Å². The van der Waals surface area contributed by atoms with E-state index in [0.717, 1.165) is 4.90 Å². The van der Waals surface area contributed by atoms with Crippen LogP contribution in [0.25, 0.3) is 6.08 Å². The van der Waals surface area contributed by atoms with Crippen LogP contribution in [0, 0.1) is 0 Å². The van der Waals surface area contributed by atoms with Gasteiger partial charge in [-0.15, -0.1) is 11.8 Å². The maximum atomic E-state index is 13.7. The molecule has 1 atom stereocenters. The van der Waals surface area contributed by atoms with Crippen LogP contribution in [-0.2, 0) is 9.59 Å². The molecule has 1 heterocycles. The lowest BCUT2D eigenvalue weighted by Gasteiger charge is -2.15. The third-order valence-electron chi connectivity index (χ3n) is 6.98. The Morgan fingerprint density at radius 3 is 2.21 bits per heavy atom. The fraction of sp³-hybridized carbons (Fsp3) is 0.171. The SMILES string of the molecule is COc1cc(OC)c(OC)cc1/C=C(/NC(=O)c1ccccc1)C(=O)Nc1cccc(SC(C)C(=O)Nc2ccc3c(c2)OCO3)c1. The summed E-state index contributed by atoms with van der Waals surface area (Å²) in [7, 11) is 4.49. The van der Waals surface area contributed by atoms with Gasteiger partial charge in [-0.05, 0) is 61.5 Å². The minimum Gasteiger partial charge on any atom is -0.496 e. The molecule has 47 heavy (non-hydrogen) atoms. The number of thioether (sulfide) groups is 1. The first-order valence-corrected chi connectivity index (χ1v) is 15.3. The van der Waals surface area contributed by atoms with E-state index in [2.05, 4.69) is 16.0 Å². The Hall–Kier alpha value is -5.62. The number of fused-ring (bicyclic) bond motifs is 1. The summed E-state index contributed by atoms with van der Waals surface area (Å²) >= 11 is 1.32. The van der Waals surface area contributed by atoms with Crippen LogP contribution in [0.5, 0.6) is 28.7 Å². The van der Waals surface area contributed by atoms with Gasteiger partial charge in [0, 0.05) is 39.5 Å². The third-order valence-corrected chi connectivity index (χ3v) is 8.07. The van der Waals surface area contributed by atoms with Crippen LogP contribution in [-0.4, -0.2) is 51.1 Å². The number of nitrogens with one attached hydrogen (secondary N) is 3. The molecule has 0 fully saturated rings. The van der Waals surface area contributed by atoms with Gasteiger partial charge in [0.05, 0.1) is 26.6 Å². The number of rotatable bonds is 12. The number of hydrogen-bond donors (Lipinski definition) is 3. The molecular weight excluding hydrogens is 622 g/mol. The molecule has 1 aliphatic rings. The van der Waals surface area contributed by atoms with Crippen molar-refractivity contribution >= 4 is 46.9 Å². The van der Waals surface area contributed by atoms with Gasteiger partial charge in [-0.1, -0.05) is 24.3 Å². The monoisotopic (exact) mass is 655 g/mol. The Kier molecular flexibility index (Phi) is 10.5. The van der Waals surface area contributed by atoms with E-state index >= 15 is 0 Å². The largest absolute Gasteiger partial charge is 0.496 e. The first-order valence-electron chi connectivity index (χ1n) is 14.4. The zero-order valence-electron chi connectivity index (χ0n) is 26.1. The number of ether oxygens (including phenoxy) is 5. The van der Waals surface area contributed by atoms with Crippen molar-refractivity contribution in [2.24, 2.45) is 0 Å². The molecule has 1 aliphatic heterocycles. The minimum absolute atomic E-state index is 0.0427. The first-order chi connectivity index (χ1) is 22.8. The zero-order valence-corrected chi connectivity index (χ0v) is 26.9. The summed E-state index contributed by atoms with van der Waals surface area (Å²) in [5.74, 6) is 1.19. The summed E-state index contributed by atoms with van der Waals surface area (Å²) in [6, 6.07) is 24.1. The van der Waals surface area contributed by atoms with E-state index in [1.807, 2.05) is 6.07 Å². The normalized spacial score (nSPS) is 12.5. The predicted octanol–water partition coefficient (Wildman–Crippen LogP) is 5.97. The van der Waals surface area contributed by atoms with Crippen molar-refractivity contribution in [3.8, 4) is 28.7 Å². The van der Waals surface area contributed by atoms with Crippen molar-refractivity contribution in [1.82, 2.24) is 5.32 Å². The molecule has 11 nitrogen and oxygen atoms in total. The second-order valence-corrected chi connectivity index (χ2v) is 11.5. The van der Waals surface area contributed by atoms with Crippen LogP contribution in [0.3, 0.4) is 0 Å². The van der Waals surface area contributed by atoms with Gasteiger partial charge in [0.2, 0.25) is 12.7 Å².